The van der Waals surface area contributed by atoms with Crippen molar-refractivity contribution in [1.29, 1.82) is 5.26 Å². The Morgan fingerprint density at radius 3 is 2.86 bits per heavy atom. The third-order valence-electron chi connectivity index (χ3n) is 14.9. The number of carbonyl (C=O) groups excluding carboxylic acids is 2. The molecule has 10 rings (SSSR count). The van der Waals surface area contributed by atoms with Crippen LogP contribution in [-0.2, 0) is 47.9 Å². The molecule has 2 aliphatic carbocycles. The van der Waals surface area contributed by atoms with E-state index in [9.17, 15) is 20.0 Å². The first-order chi connectivity index (χ1) is 33.8. The molecule has 0 unspecified atom stereocenters. The quantitative estimate of drug-likeness (QED) is 0.134. The number of aryl methyl sites for hydroxylation is 2. The first-order valence-corrected chi connectivity index (χ1v) is 25.4. The van der Waals surface area contributed by atoms with Crippen molar-refractivity contribution in [3.63, 3.8) is 0 Å². The Balaban J connectivity index is 0.730. The van der Waals surface area contributed by atoms with Crippen LogP contribution in [0.25, 0.3) is 22.4 Å². The second-order valence-electron chi connectivity index (χ2n) is 20.1. The summed E-state index contributed by atoms with van der Waals surface area (Å²) in [4.78, 5) is 49.7. The second-order valence-corrected chi connectivity index (χ2v) is 21.3. The van der Waals surface area contributed by atoms with Crippen molar-refractivity contribution in [2.75, 3.05) is 36.8 Å². The van der Waals surface area contributed by atoms with Crippen molar-refractivity contribution in [3.05, 3.63) is 87.8 Å². The van der Waals surface area contributed by atoms with Crippen LogP contribution in [0.5, 0.6) is 0 Å². The summed E-state index contributed by atoms with van der Waals surface area (Å²) in [6.45, 7) is 11.2. The molecular weight excluding hydrogens is 907 g/mol. The number of aliphatic hydroxyl groups is 1. The first kappa shape index (κ1) is 47.1. The lowest BCUT2D eigenvalue weighted by Gasteiger charge is -2.31. The van der Waals surface area contributed by atoms with E-state index in [1.165, 1.54) is 11.3 Å². The second kappa shape index (κ2) is 19.3. The predicted molar refractivity (Wildman–Crippen MR) is 263 cm³/mol. The number of fused-ring (bicyclic) bond motifs is 3. The van der Waals surface area contributed by atoms with E-state index in [0.717, 1.165) is 109 Å². The van der Waals surface area contributed by atoms with Crippen molar-refractivity contribution in [2.24, 2.45) is 18.9 Å². The summed E-state index contributed by atoms with van der Waals surface area (Å²) in [7, 11) is 1.88. The molecule has 5 aromatic heterocycles. The summed E-state index contributed by atoms with van der Waals surface area (Å²) in [6, 6.07) is 8.69. The fourth-order valence-electron chi connectivity index (χ4n) is 11.2. The molecule has 4 aliphatic rings. The number of carbonyl (C=O) groups is 2. The van der Waals surface area contributed by atoms with E-state index in [1.807, 2.05) is 39.1 Å². The number of nitrogen functional groups attached to an aromatic ring is 1. The molecule has 19 nitrogen and oxygen atoms in total. The Labute approximate surface area is 410 Å². The SMILES string of the molecule is CC(C)[C@@H](C(=O)N1C[C@H](O)C[C@H]1C(=O)NCc1ccc2cnn(C)c2c1)n1nnc2c1CC[C@H](CCCN1CC=CN(c3nccc(-c4noc([C@@]5(C)CCCc6sc(N)c(C#N)c65)n4)n3)[C@@H](C)C1)C2. The van der Waals surface area contributed by atoms with Gasteiger partial charge in [-0.3, -0.25) is 19.2 Å². The number of hydrogen-bond donors (Lipinski definition) is 3. The number of aromatic nitrogens is 9. The van der Waals surface area contributed by atoms with Crippen LogP contribution in [0.4, 0.5) is 10.9 Å². The Hall–Kier alpha value is -6.56. The van der Waals surface area contributed by atoms with Gasteiger partial charge in [-0.25, -0.2) is 14.6 Å². The lowest BCUT2D eigenvalue weighted by molar-refractivity contribution is -0.142. The highest BCUT2D eigenvalue weighted by molar-refractivity contribution is 7.16. The molecule has 7 heterocycles. The zero-order chi connectivity index (χ0) is 48.8. The van der Waals surface area contributed by atoms with Crippen molar-refractivity contribution >= 4 is 45.0 Å². The maximum Gasteiger partial charge on any atom is 0.248 e. The van der Waals surface area contributed by atoms with Crippen molar-refractivity contribution in [2.45, 2.75) is 122 Å². The third kappa shape index (κ3) is 8.94. The standard InChI is InChI=1S/C50H61N15O4S/c1-29(2)43(47(68)64-28-34(66)23-40(64)46(67)54-25-32-11-13-33-26-55-61(5)39(33)22-32)65-38-14-12-31(21-37(38)58-60-65)9-7-18-62-19-8-20-63(30(3)27-62)49-53-17-15-36(56-49)45-57-48(69-59-45)50(4)16-6-10-41-42(50)35(24-51)44(52)70-41/h8,11,13,15,17,20,22,26,29-31,34,40,43,66H,6-7,9-10,12,14,16,18-19,21,23,25,27-28,52H2,1-5H3,(H,54,67)/t30-,31-,34+,40-,43-,50-/m0/s1. The lowest BCUT2D eigenvalue weighted by Crippen LogP contribution is -2.49. The van der Waals surface area contributed by atoms with E-state index < -0.39 is 23.6 Å². The van der Waals surface area contributed by atoms with E-state index in [0.29, 0.717) is 46.4 Å². The molecule has 20 heteroatoms. The number of thiophene rings is 1. The van der Waals surface area contributed by atoms with Gasteiger partial charge in [0.1, 0.15) is 28.8 Å². The molecule has 6 atom stereocenters. The van der Waals surface area contributed by atoms with Crippen LogP contribution in [0, 0.1) is 23.2 Å². The first-order valence-electron chi connectivity index (χ1n) is 24.6. The Bertz CT molecular complexity index is 2980. The van der Waals surface area contributed by atoms with Crippen LogP contribution in [0.1, 0.15) is 111 Å². The highest BCUT2D eigenvalue weighted by atomic mass is 32.1. The van der Waals surface area contributed by atoms with Gasteiger partial charge in [0.05, 0.1) is 40.2 Å². The fraction of sp³-hybridized carbons (Fsp3) is 0.520. The molecule has 0 bridgehead atoms. The smallest absolute Gasteiger partial charge is 0.248 e. The number of likely N-dealkylation sites (tertiary alicyclic amines) is 1. The fourth-order valence-corrected chi connectivity index (χ4v) is 12.4. The Kier molecular flexibility index (Phi) is 13.0. The molecule has 1 aromatic carbocycles. The number of nitrogens with zero attached hydrogens (tertiary/aromatic N) is 13. The molecular formula is C50H61N15O4S. The van der Waals surface area contributed by atoms with Gasteiger partial charge in [-0.2, -0.15) is 15.3 Å². The predicted octanol–water partition coefficient (Wildman–Crippen LogP) is 5.25. The third-order valence-corrected chi connectivity index (χ3v) is 16.0. The summed E-state index contributed by atoms with van der Waals surface area (Å²) in [5.41, 5.74) is 11.4. The number of hydrogen-bond acceptors (Lipinski definition) is 16. The summed E-state index contributed by atoms with van der Waals surface area (Å²) in [5, 5.41) is 43.2. The number of rotatable bonds is 13. The van der Waals surface area contributed by atoms with E-state index in [-0.39, 0.29) is 36.7 Å². The van der Waals surface area contributed by atoms with Gasteiger partial charge >= 0.3 is 0 Å². The minimum atomic E-state index is -0.796. The molecule has 4 N–H and O–H groups in total. The van der Waals surface area contributed by atoms with Crippen LogP contribution < -0.4 is 16.0 Å². The number of nitriles is 1. The molecule has 0 radical (unpaired) electrons. The number of benzene rings is 1. The van der Waals surface area contributed by atoms with Gasteiger partial charge in [-0.05, 0) is 101 Å². The van der Waals surface area contributed by atoms with E-state index >= 15 is 0 Å². The summed E-state index contributed by atoms with van der Waals surface area (Å²) < 4.78 is 9.51. The van der Waals surface area contributed by atoms with Crippen LogP contribution in [0.3, 0.4) is 0 Å². The van der Waals surface area contributed by atoms with Crippen molar-refractivity contribution in [1.82, 2.24) is 60.0 Å². The molecule has 6 aromatic rings. The van der Waals surface area contributed by atoms with E-state index in [4.69, 9.17) is 20.2 Å². The highest BCUT2D eigenvalue weighted by Crippen LogP contribution is 2.48. The Morgan fingerprint density at radius 2 is 2.03 bits per heavy atom. The zero-order valence-corrected chi connectivity index (χ0v) is 41.3. The molecule has 2 amide bonds. The average molecular weight is 968 g/mol. The number of nitrogens with two attached hydrogens (primary N) is 1. The van der Waals surface area contributed by atoms with E-state index in [1.54, 1.807) is 32.7 Å². The normalized spacial score (nSPS) is 23.1. The topological polar surface area (TPSA) is 239 Å². The van der Waals surface area contributed by atoms with E-state index in [2.05, 4.69) is 72.9 Å². The number of β-amino-alcohol motifs (C(OH)–C–C–N with tert-alkyl or cyclic N) is 1. The molecule has 1 fully saturated rings. The molecule has 1 saturated heterocycles. The summed E-state index contributed by atoms with van der Waals surface area (Å²) >= 11 is 1.48. The Morgan fingerprint density at radius 1 is 1.17 bits per heavy atom. The van der Waals surface area contributed by atoms with Gasteiger partial charge in [0.15, 0.2) is 0 Å². The monoisotopic (exact) mass is 967 g/mol. The number of aliphatic hydroxyl groups excluding tert-OH is 1. The van der Waals surface area contributed by atoms with Gasteiger partial charge in [-0.15, -0.1) is 16.4 Å². The average Bonchev–Trinajstić information content (AvgIpc) is 4.19. The van der Waals surface area contributed by atoms with Crippen LogP contribution in [-0.4, -0.2) is 116 Å². The number of amides is 2. The van der Waals surface area contributed by atoms with Crippen LogP contribution in [0.15, 0.2) is 53.5 Å². The maximum absolute atomic E-state index is 14.4. The minimum absolute atomic E-state index is 0.0910. The zero-order valence-electron chi connectivity index (χ0n) is 40.5. The van der Waals surface area contributed by atoms with Crippen molar-refractivity contribution in [3.8, 4) is 17.6 Å². The van der Waals surface area contributed by atoms with Crippen molar-refractivity contribution < 1.29 is 19.2 Å². The number of anilines is 2. The van der Waals surface area contributed by atoms with Gasteiger partial charge in [-0.1, -0.05) is 42.4 Å². The van der Waals surface area contributed by atoms with Gasteiger partial charge in [0, 0.05) is 73.9 Å². The molecule has 0 saturated carbocycles. The molecule has 0 spiro atoms. The highest BCUT2D eigenvalue weighted by Gasteiger charge is 2.45. The van der Waals surface area contributed by atoms with Gasteiger partial charge in [0.25, 0.3) is 0 Å². The molecule has 70 heavy (non-hydrogen) atoms. The summed E-state index contributed by atoms with van der Waals surface area (Å²) in [5.74, 6) is 1.20. The number of nitrogens with one attached hydrogen (secondary N) is 1. The largest absolute Gasteiger partial charge is 0.391 e. The van der Waals surface area contributed by atoms with Gasteiger partial charge in [0.2, 0.25) is 29.5 Å². The van der Waals surface area contributed by atoms with Gasteiger partial charge < -0.3 is 30.5 Å². The van der Waals surface area contributed by atoms with Crippen LogP contribution in [0.2, 0.25) is 0 Å². The minimum Gasteiger partial charge on any atom is -0.391 e. The molecule has 366 valence electrons. The van der Waals surface area contributed by atoms with Crippen LogP contribution >= 0.6 is 11.3 Å². The summed E-state index contributed by atoms with van der Waals surface area (Å²) in [6.07, 6.45) is 14.3. The maximum atomic E-state index is 14.4. The lowest BCUT2D eigenvalue weighted by atomic mass is 9.72. The molecule has 2 aliphatic heterocycles.